The molecule has 0 saturated heterocycles. The van der Waals surface area contributed by atoms with Crippen LogP contribution in [0.1, 0.15) is 0 Å². The molecule has 0 aromatic heterocycles. The van der Waals surface area contributed by atoms with Crippen LogP contribution >= 0.6 is 23.2 Å². The Morgan fingerprint density at radius 3 is 1.55 bits per heavy atom. The van der Waals surface area contributed by atoms with Gasteiger partial charge in [0, 0.05) is 14.1 Å². The Bertz CT molecular complexity index is 163. The molecule has 0 rings (SSSR count). The summed E-state index contributed by atoms with van der Waals surface area (Å²) in [5.74, 6) is -1.50. The maximum absolute atomic E-state index is 10.8. The summed E-state index contributed by atoms with van der Waals surface area (Å²) in [4.78, 5) is 21.6. The van der Waals surface area contributed by atoms with Crippen molar-refractivity contribution in [3.63, 3.8) is 0 Å². The molecule has 11 heavy (non-hydrogen) atoms. The van der Waals surface area contributed by atoms with Gasteiger partial charge in [0.25, 0.3) is 16.1 Å². The smallest absolute Gasteiger partial charge is 0.273 e. The van der Waals surface area contributed by atoms with Crippen molar-refractivity contribution in [3.8, 4) is 0 Å². The van der Waals surface area contributed by atoms with E-state index in [2.05, 4.69) is 10.6 Å². The van der Waals surface area contributed by atoms with Gasteiger partial charge in [-0.1, -0.05) is 23.2 Å². The van der Waals surface area contributed by atoms with Crippen molar-refractivity contribution < 1.29 is 9.59 Å². The average Bonchev–Trinajstić information content (AvgIpc) is 2.01. The molecular formula is C5H8Cl2N2O2. The van der Waals surface area contributed by atoms with Crippen molar-refractivity contribution in [2.24, 2.45) is 0 Å². The van der Waals surface area contributed by atoms with Crippen molar-refractivity contribution >= 4 is 35.0 Å². The SMILES string of the molecule is CNC(=O)C(Cl)(Cl)C(=O)NC. The molecule has 0 spiro atoms. The molecule has 0 radical (unpaired) electrons. The van der Waals surface area contributed by atoms with E-state index in [0.717, 1.165) is 0 Å². The summed E-state index contributed by atoms with van der Waals surface area (Å²) in [6.07, 6.45) is 0. The number of carbonyl (C=O) groups is 2. The van der Waals surface area contributed by atoms with Gasteiger partial charge in [-0.2, -0.15) is 0 Å². The molecule has 0 unspecified atom stereocenters. The third kappa shape index (κ3) is 2.24. The van der Waals surface area contributed by atoms with E-state index < -0.39 is 16.1 Å². The van der Waals surface area contributed by atoms with Crippen LogP contribution in [0.4, 0.5) is 0 Å². The first kappa shape index (κ1) is 10.5. The van der Waals surface area contributed by atoms with Crippen LogP contribution in [0, 0.1) is 0 Å². The third-order valence-corrected chi connectivity index (χ3v) is 1.71. The lowest BCUT2D eigenvalue weighted by Crippen LogP contribution is -2.47. The highest BCUT2D eigenvalue weighted by atomic mass is 35.5. The molecule has 4 nitrogen and oxygen atoms in total. The van der Waals surface area contributed by atoms with Crippen molar-refractivity contribution in [1.29, 1.82) is 0 Å². The van der Waals surface area contributed by atoms with Gasteiger partial charge in [0.2, 0.25) is 0 Å². The molecule has 0 aliphatic rings. The maximum atomic E-state index is 10.8. The summed E-state index contributed by atoms with van der Waals surface area (Å²) in [6.45, 7) is 0. The fraction of sp³-hybridized carbons (Fsp3) is 0.600. The number of carbonyl (C=O) groups excluding carboxylic acids is 2. The summed E-state index contributed by atoms with van der Waals surface area (Å²) in [6, 6.07) is 0. The Balaban J connectivity index is 4.44. The van der Waals surface area contributed by atoms with Gasteiger partial charge in [0.15, 0.2) is 0 Å². The zero-order valence-corrected chi connectivity index (χ0v) is 7.58. The lowest BCUT2D eigenvalue weighted by Gasteiger charge is -2.14. The molecule has 0 heterocycles. The Morgan fingerprint density at radius 1 is 1.09 bits per heavy atom. The van der Waals surface area contributed by atoms with Crippen molar-refractivity contribution in [1.82, 2.24) is 10.6 Å². The number of hydrogen-bond acceptors (Lipinski definition) is 2. The van der Waals surface area contributed by atoms with Crippen LogP contribution in [0.2, 0.25) is 0 Å². The minimum absolute atomic E-state index is 0.750. The predicted molar refractivity (Wildman–Crippen MR) is 42.6 cm³/mol. The van der Waals surface area contributed by atoms with E-state index in [1.54, 1.807) is 0 Å². The van der Waals surface area contributed by atoms with Gasteiger partial charge in [0.05, 0.1) is 0 Å². The molecule has 0 aromatic carbocycles. The zero-order valence-electron chi connectivity index (χ0n) is 6.07. The van der Waals surface area contributed by atoms with Gasteiger partial charge in [0.1, 0.15) is 0 Å². The highest BCUT2D eigenvalue weighted by molar-refractivity contribution is 6.67. The number of amides is 2. The Hall–Kier alpha value is -0.480. The molecule has 0 aliphatic heterocycles. The molecular weight excluding hydrogens is 191 g/mol. The Labute approximate surface area is 74.2 Å². The molecule has 0 fully saturated rings. The number of halogens is 2. The predicted octanol–water partition coefficient (Wildman–Crippen LogP) is -0.348. The summed E-state index contributed by atoms with van der Waals surface area (Å²) in [7, 11) is 2.68. The largest absolute Gasteiger partial charge is 0.356 e. The number of rotatable bonds is 2. The van der Waals surface area contributed by atoms with Crippen LogP contribution in [0.5, 0.6) is 0 Å². The molecule has 6 heteroatoms. The first-order valence-electron chi connectivity index (χ1n) is 2.79. The maximum Gasteiger partial charge on any atom is 0.273 e. The Morgan fingerprint density at radius 2 is 1.36 bits per heavy atom. The first-order valence-corrected chi connectivity index (χ1v) is 3.54. The second-order valence-corrected chi connectivity index (χ2v) is 3.06. The van der Waals surface area contributed by atoms with Crippen LogP contribution < -0.4 is 10.6 Å². The van der Waals surface area contributed by atoms with Crippen molar-refractivity contribution in [2.75, 3.05) is 14.1 Å². The first-order chi connectivity index (χ1) is 4.96. The van der Waals surface area contributed by atoms with Gasteiger partial charge in [-0.05, 0) is 0 Å². The summed E-state index contributed by atoms with van der Waals surface area (Å²) in [5.41, 5.74) is 0. The standard InChI is InChI=1S/C5H8Cl2N2O2/c1-8-3(10)5(6,7)4(11)9-2/h1-2H3,(H,8,10)(H,9,11). The van der Waals surface area contributed by atoms with E-state index in [0.29, 0.717) is 0 Å². The minimum Gasteiger partial charge on any atom is -0.356 e. The van der Waals surface area contributed by atoms with E-state index in [9.17, 15) is 9.59 Å². The quantitative estimate of drug-likeness (QED) is 0.471. The number of alkyl halides is 2. The van der Waals surface area contributed by atoms with Crippen molar-refractivity contribution in [2.45, 2.75) is 4.33 Å². The van der Waals surface area contributed by atoms with E-state index in [-0.39, 0.29) is 0 Å². The van der Waals surface area contributed by atoms with Gasteiger partial charge >= 0.3 is 0 Å². The molecule has 2 N–H and O–H groups in total. The second-order valence-electron chi connectivity index (χ2n) is 1.73. The van der Waals surface area contributed by atoms with E-state index >= 15 is 0 Å². The summed E-state index contributed by atoms with van der Waals surface area (Å²) >= 11 is 10.8. The van der Waals surface area contributed by atoms with Crippen LogP contribution in [0.3, 0.4) is 0 Å². The van der Waals surface area contributed by atoms with Crippen LogP contribution in [0.25, 0.3) is 0 Å². The zero-order chi connectivity index (χ0) is 9.07. The van der Waals surface area contributed by atoms with E-state index in [1.807, 2.05) is 0 Å². The molecule has 0 aromatic rings. The fourth-order valence-corrected chi connectivity index (χ4v) is 0.795. The molecule has 0 aliphatic carbocycles. The monoisotopic (exact) mass is 198 g/mol. The molecule has 0 bridgehead atoms. The van der Waals surface area contributed by atoms with E-state index in [4.69, 9.17) is 23.2 Å². The van der Waals surface area contributed by atoms with Gasteiger partial charge in [-0.15, -0.1) is 0 Å². The van der Waals surface area contributed by atoms with Crippen LogP contribution in [-0.2, 0) is 9.59 Å². The van der Waals surface area contributed by atoms with Crippen LogP contribution in [-0.4, -0.2) is 30.2 Å². The molecule has 64 valence electrons. The number of nitrogens with one attached hydrogen (secondary N) is 2. The second kappa shape index (κ2) is 3.78. The molecule has 2 amide bonds. The highest BCUT2D eigenvalue weighted by Crippen LogP contribution is 2.20. The van der Waals surface area contributed by atoms with Crippen molar-refractivity contribution in [3.05, 3.63) is 0 Å². The molecule has 0 atom stereocenters. The van der Waals surface area contributed by atoms with E-state index in [1.165, 1.54) is 14.1 Å². The van der Waals surface area contributed by atoms with Gasteiger partial charge in [-0.3, -0.25) is 9.59 Å². The lowest BCUT2D eigenvalue weighted by atomic mass is 10.3. The highest BCUT2D eigenvalue weighted by Gasteiger charge is 2.40. The third-order valence-electron chi connectivity index (χ3n) is 1.02. The lowest BCUT2D eigenvalue weighted by molar-refractivity contribution is -0.129. The normalized spacial score (nSPS) is 10.5. The summed E-state index contributed by atoms with van der Waals surface area (Å²) in [5, 5.41) is 4.31. The summed E-state index contributed by atoms with van der Waals surface area (Å²) < 4.78 is -2.04. The number of hydrogen-bond donors (Lipinski definition) is 2. The molecule has 0 saturated carbocycles. The Kier molecular flexibility index (Phi) is 3.62. The van der Waals surface area contributed by atoms with Gasteiger partial charge < -0.3 is 10.6 Å². The fourth-order valence-electron chi connectivity index (χ4n) is 0.417. The topological polar surface area (TPSA) is 58.2 Å². The van der Waals surface area contributed by atoms with Gasteiger partial charge in [-0.25, -0.2) is 0 Å². The minimum atomic E-state index is -2.04. The van der Waals surface area contributed by atoms with Crippen LogP contribution in [0.15, 0.2) is 0 Å². The average molecular weight is 199 g/mol.